The van der Waals surface area contributed by atoms with Gasteiger partial charge in [-0.1, -0.05) is 0 Å². The van der Waals surface area contributed by atoms with E-state index in [9.17, 15) is 32.1 Å². The maximum atomic E-state index is 13.5. The first kappa shape index (κ1) is 14.7. The molecule has 1 aliphatic carbocycles. The molecule has 0 bridgehead atoms. The van der Waals surface area contributed by atoms with Crippen LogP contribution in [0.2, 0.25) is 0 Å². The molecule has 0 N–H and O–H groups in total. The van der Waals surface area contributed by atoms with Crippen LogP contribution in [-0.4, -0.2) is 22.7 Å². The number of nitrogens with zero attached hydrogens (tertiary/aromatic N) is 1. The Hall–Kier alpha value is -1.38. The summed E-state index contributed by atoms with van der Waals surface area (Å²) in [5, 5.41) is 10.3. The third-order valence-corrected chi connectivity index (χ3v) is 2.31. The van der Waals surface area contributed by atoms with Crippen LogP contribution in [0.15, 0.2) is 23.5 Å². The van der Waals surface area contributed by atoms with Crippen LogP contribution < -0.4 is 0 Å². The molecule has 1 rings (SSSR count). The summed E-state index contributed by atoms with van der Waals surface area (Å²) in [4.78, 5) is 8.61. The van der Waals surface area contributed by atoms with Crippen molar-refractivity contribution in [2.45, 2.75) is 18.3 Å². The van der Waals surface area contributed by atoms with Crippen LogP contribution in [0.3, 0.4) is 0 Å². The van der Waals surface area contributed by atoms with E-state index in [0.29, 0.717) is 0 Å². The predicted molar refractivity (Wildman–Crippen MR) is 49.5 cm³/mol. The van der Waals surface area contributed by atoms with Crippen molar-refractivity contribution in [1.82, 2.24) is 0 Å². The maximum Gasteiger partial charge on any atom is 0.417 e. The lowest BCUT2D eigenvalue weighted by molar-refractivity contribution is -0.596. The number of hydrogen-bond acceptors (Lipinski definition) is 3. The molecule has 0 spiro atoms. The lowest BCUT2D eigenvalue weighted by Gasteiger charge is -2.23. The van der Waals surface area contributed by atoms with Gasteiger partial charge in [0.1, 0.15) is 5.88 Å². The van der Waals surface area contributed by atoms with Gasteiger partial charge in [0.05, 0.1) is 11.3 Å². The molecule has 0 heterocycles. The highest BCUT2D eigenvalue weighted by molar-refractivity contribution is 6.18. The van der Waals surface area contributed by atoms with Crippen molar-refractivity contribution >= 4 is 11.6 Å². The molecule has 1 aliphatic rings. The molecule has 18 heavy (non-hydrogen) atoms. The fourth-order valence-corrected chi connectivity index (χ4v) is 1.17. The average Bonchev–Trinajstić information content (AvgIpc) is 2.29. The van der Waals surface area contributed by atoms with Gasteiger partial charge >= 0.3 is 11.9 Å². The van der Waals surface area contributed by atoms with Crippen molar-refractivity contribution in [3.63, 3.8) is 0 Å². The van der Waals surface area contributed by atoms with E-state index in [1.54, 1.807) is 0 Å². The highest BCUT2D eigenvalue weighted by Crippen LogP contribution is 2.40. The van der Waals surface area contributed by atoms with Crippen LogP contribution in [0, 0.1) is 10.1 Å². The van der Waals surface area contributed by atoms with Gasteiger partial charge in [-0.05, 0) is 6.08 Å². The third-order valence-electron chi connectivity index (χ3n) is 2.00. The van der Waals surface area contributed by atoms with Crippen molar-refractivity contribution < 1.29 is 31.6 Å². The Morgan fingerprint density at radius 1 is 1.56 bits per heavy atom. The van der Waals surface area contributed by atoms with Crippen molar-refractivity contribution in [3.8, 4) is 0 Å². The largest absolute Gasteiger partial charge is 0.425 e. The Kier molecular flexibility index (Phi) is 3.84. The molecule has 102 valence electrons. The topological polar surface area (TPSA) is 52.4 Å². The van der Waals surface area contributed by atoms with Gasteiger partial charge in [0.15, 0.2) is 5.83 Å². The van der Waals surface area contributed by atoms with E-state index in [-0.39, 0.29) is 6.08 Å². The summed E-state index contributed by atoms with van der Waals surface area (Å²) >= 11 is 4.75. The van der Waals surface area contributed by atoms with Crippen molar-refractivity contribution in [2.24, 2.45) is 0 Å². The lowest BCUT2D eigenvalue weighted by atomic mass is 10.0. The molecule has 0 saturated carbocycles. The van der Waals surface area contributed by atoms with Crippen LogP contribution >= 0.6 is 11.6 Å². The van der Waals surface area contributed by atoms with Crippen molar-refractivity contribution in [3.05, 3.63) is 33.6 Å². The zero-order chi connectivity index (χ0) is 14.1. The van der Waals surface area contributed by atoms with Gasteiger partial charge in [0.2, 0.25) is 5.76 Å². The minimum absolute atomic E-state index is 0.242. The third kappa shape index (κ3) is 2.55. The van der Waals surface area contributed by atoms with Crippen LogP contribution in [0.4, 0.5) is 22.0 Å². The normalized spacial score (nSPS) is 24.9. The molecule has 0 aliphatic heterocycles. The molecular weight excluding hydrogens is 289 g/mol. The quantitative estimate of drug-likeness (QED) is 0.263. The molecule has 4 nitrogen and oxygen atoms in total. The Morgan fingerprint density at radius 2 is 2.11 bits per heavy atom. The molecule has 0 aromatic heterocycles. The Morgan fingerprint density at radius 3 is 2.56 bits per heavy atom. The Bertz CT molecular complexity index is 438. The lowest BCUT2D eigenvalue weighted by Crippen LogP contribution is -2.37. The average molecular weight is 294 g/mol. The standard InChI is InChI=1S/C8H5ClF5NO3/c9-3-8(13,14)18-5-4(10)1-2-7(12,6(5)11)15(16)17/h1H,2-3H2. The zero-order valence-corrected chi connectivity index (χ0v) is 9.19. The second-order valence-electron chi connectivity index (χ2n) is 3.29. The number of hydrogen-bond donors (Lipinski definition) is 0. The van der Waals surface area contributed by atoms with Crippen LogP contribution in [0.5, 0.6) is 0 Å². The van der Waals surface area contributed by atoms with Gasteiger partial charge in [0.25, 0.3) is 5.83 Å². The summed E-state index contributed by atoms with van der Waals surface area (Å²) in [5.41, 5.74) is 0. The van der Waals surface area contributed by atoms with E-state index in [2.05, 4.69) is 4.74 Å². The van der Waals surface area contributed by atoms with Gasteiger partial charge in [-0.25, -0.2) is 4.39 Å². The van der Waals surface area contributed by atoms with Gasteiger partial charge < -0.3 is 4.74 Å². The van der Waals surface area contributed by atoms with E-state index < -0.39 is 46.5 Å². The summed E-state index contributed by atoms with van der Waals surface area (Å²) in [6, 6.07) is 0. The van der Waals surface area contributed by atoms with Gasteiger partial charge in [-0.15, -0.1) is 11.6 Å². The van der Waals surface area contributed by atoms with Crippen LogP contribution in [0.25, 0.3) is 0 Å². The molecule has 0 radical (unpaired) electrons. The van der Waals surface area contributed by atoms with Gasteiger partial charge in [-0.2, -0.15) is 17.6 Å². The fraction of sp³-hybridized carbons (Fsp3) is 0.500. The van der Waals surface area contributed by atoms with E-state index >= 15 is 0 Å². The summed E-state index contributed by atoms with van der Waals surface area (Å²) in [6.07, 6.45) is -5.21. The fourth-order valence-electron chi connectivity index (χ4n) is 1.11. The van der Waals surface area contributed by atoms with Crippen LogP contribution in [-0.2, 0) is 4.74 Å². The smallest absolute Gasteiger partial charge is 0.417 e. The first-order chi connectivity index (χ1) is 8.14. The summed E-state index contributed by atoms with van der Waals surface area (Å²) in [6.45, 7) is 0. The number of allylic oxidation sites excluding steroid dienone is 1. The SMILES string of the molecule is O=[N+]([O-])C1(F)CC=C(F)C(OC(F)(F)CCl)=C1F. The predicted octanol–water partition coefficient (Wildman–Crippen LogP) is 3.22. The number of ether oxygens (including phenoxy) is 1. The van der Waals surface area contributed by atoms with Crippen LogP contribution in [0.1, 0.15) is 6.42 Å². The van der Waals surface area contributed by atoms with E-state index in [1.165, 1.54) is 0 Å². The molecule has 0 fully saturated rings. The second kappa shape index (κ2) is 4.71. The van der Waals surface area contributed by atoms with Crippen molar-refractivity contribution in [2.75, 3.05) is 5.88 Å². The molecule has 0 aromatic rings. The molecule has 10 heteroatoms. The van der Waals surface area contributed by atoms with E-state index in [4.69, 9.17) is 11.6 Å². The van der Waals surface area contributed by atoms with Gasteiger partial charge in [0, 0.05) is 0 Å². The first-order valence-electron chi connectivity index (χ1n) is 4.36. The molecular formula is C8H5ClF5NO3. The minimum Gasteiger partial charge on any atom is -0.425 e. The first-order valence-corrected chi connectivity index (χ1v) is 4.90. The number of halogens is 6. The summed E-state index contributed by atoms with van der Waals surface area (Å²) in [5.74, 6) is -11.2. The van der Waals surface area contributed by atoms with Gasteiger partial charge in [-0.3, -0.25) is 10.1 Å². The maximum absolute atomic E-state index is 13.5. The molecule has 0 aromatic carbocycles. The minimum atomic E-state index is -4.19. The number of rotatable bonds is 4. The number of nitro groups is 1. The molecule has 0 saturated heterocycles. The molecule has 1 atom stereocenters. The monoisotopic (exact) mass is 293 g/mol. The highest BCUT2D eigenvalue weighted by atomic mass is 35.5. The van der Waals surface area contributed by atoms with Crippen molar-refractivity contribution in [1.29, 1.82) is 0 Å². The Labute approximate surface area is 102 Å². The number of alkyl halides is 4. The Balaban J connectivity index is 3.20. The summed E-state index contributed by atoms with van der Waals surface area (Å²) < 4.78 is 68.8. The highest BCUT2D eigenvalue weighted by Gasteiger charge is 2.54. The summed E-state index contributed by atoms with van der Waals surface area (Å²) in [7, 11) is 0. The molecule has 1 unspecified atom stereocenters. The van der Waals surface area contributed by atoms with E-state index in [1.807, 2.05) is 0 Å². The molecule has 0 amide bonds. The van der Waals surface area contributed by atoms with E-state index in [0.717, 1.165) is 0 Å². The second-order valence-corrected chi connectivity index (χ2v) is 3.56. The zero-order valence-electron chi connectivity index (χ0n) is 8.43.